The van der Waals surface area contributed by atoms with Crippen molar-refractivity contribution in [3.8, 4) is 5.75 Å². The van der Waals surface area contributed by atoms with E-state index in [1.54, 1.807) is 0 Å². The number of alkyl halides is 2. The summed E-state index contributed by atoms with van der Waals surface area (Å²) in [6.07, 6.45) is 1.87. The number of rotatable bonds is 6. The summed E-state index contributed by atoms with van der Waals surface area (Å²) in [4.78, 5) is 23.1. The van der Waals surface area contributed by atoms with Gasteiger partial charge in [-0.3, -0.25) is 9.59 Å². The molecule has 0 aliphatic heterocycles. The summed E-state index contributed by atoms with van der Waals surface area (Å²) in [5, 5.41) is 11.7. The molecule has 114 valence electrons. The van der Waals surface area contributed by atoms with E-state index in [-0.39, 0.29) is 17.9 Å². The minimum absolute atomic E-state index is 0.0289. The van der Waals surface area contributed by atoms with E-state index in [0.717, 1.165) is 6.42 Å². The molecule has 0 radical (unpaired) electrons. The summed E-state index contributed by atoms with van der Waals surface area (Å²) in [5.74, 6) is -1.56. The Morgan fingerprint density at radius 2 is 2.10 bits per heavy atom. The first-order valence-electron chi connectivity index (χ1n) is 6.49. The van der Waals surface area contributed by atoms with Crippen LogP contribution in [0.1, 0.15) is 29.6 Å². The van der Waals surface area contributed by atoms with Crippen molar-refractivity contribution in [3.63, 3.8) is 0 Å². The van der Waals surface area contributed by atoms with Gasteiger partial charge in [-0.15, -0.1) is 0 Å². The second-order valence-electron chi connectivity index (χ2n) is 5.03. The number of amides is 1. The molecule has 1 aromatic rings. The van der Waals surface area contributed by atoms with E-state index in [0.29, 0.717) is 12.8 Å². The van der Waals surface area contributed by atoms with Gasteiger partial charge in [-0.1, -0.05) is 12.5 Å². The lowest BCUT2D eigenvalue weighted by Gasteiger charge is -2.37. The van der Waals surface area contributed by atoms with Crippen molar-refractivity contribution in [2.75, 3.05) is 6.54 Å². The summed E-state index contributed by atoms with van der Waals surface area (Å²) in [7, 11) is 0. The quantitative estimate of drug-likeness (QED) is 0.845. The van der Waals surface area contributed by atoms with Crippen LogP contribution >= 0.6 is 0 Å². The number of nitrogens with one attached hydrogen (secondary N) is 1. The highest BCUT2D eigenvalue weighted by molar-refractivity contribution is 5.95. The Kier molecular flexibility index (Phi) is 4.40. The van der Waals surface area contributed by atoms with Gasteiger partial charge in [0.25, 0.3) is 5.91 Å². The fraction of sp³-hybridized carbons (Fsp3) is 0.429. The predicted octanol–water partition coefficient (Wildman–Crippen LogP) is 2.27. The van der Waals surface area contributed by atoms with Gasteiger partial charge < -0.3 is 15.2 Å². The Labute approximate surface area is 119 Å². The highest BCUT2D eigenvalue weighted by Crippen LogP contribution is 2.40. The maximum atomic E-state index is 12.1. The molecule has 0 atom stereocenters. The van der Waals surface area contributed by atoms with Crippen LogP contribution in [-0.2, 0) is 4.79 Å². The van der Waals surface area contributed by atoms with Crippen LogP contribution in [0.15, 0.2) is 24.3 Å². The molecule has 0 saturated heterocycles. The highest BCUT2D eigenvalue weighted by Gasteiger charge is 2.44. The lowest BCUT2D eigenvalue weighted by molar-refractivity contribution is -0.153. The number of halogens is 2. The van der Waals surface area contributed by atoms with Gasteiger partial charge in [-0.05, 0) is 31.0 Å². The number of benzene rings is 1. The van der Waals surface area contributed by atoms with Gasteiger partial charge in [-0.2, -0.15) is 8.78 Å². The number of carboxylic acids is 1. The Morgan fingerprint density at radius 1 is 1.38 bits per heavy atom. The molecule has 1 amide bonds. The molecule has 1 aliphatic carbocycles. The van der Waals surface area contributed by atoms with E-state index >= 15 is 0 Å². The predicted molar refractivity (Wildman–Crippen MR) is 69.3 cm³/mol. The normalized spacial score (nSPS) is 16.1. The third kappa shape index (κ3) is 3.48. The second-order valence-corrected chi connectivity index (χ2v) is 5.03. The molecule has 0 aromatic heterocycles. The first kappa shape index (κ1) is 15.2. The molecular weight excluding hydrogens is 284 g/mol. The molecule has 1 aliphatic rings. The smallest absolute Gasteiger partial charge is 0.387 e. The van der Waals surface area contributed by atoms with Gasteiger partial charge >= 0.3 is 12.6 Å². The SMILES string of the molecule is O=C(NCC1(C(=O)O)CCC1)c1cccc(OC(F)F)c1. The van der Waals surface area contributed by atoms with Crippen LogP contribution in [-0.4, -0.2) is 30.1 Å². The van der Waals surface area contributed by atoms with Crippen molar-refractivity contribution in [2.45, 2.75) is 25.9 Å². The van der Waals surface area contributed by atoms with Crippen LogP contribution in [0.5, 0.6) is 5.75 Å². The van der Waals surface area contributed by atoms with Gasteiger partial charge in [0.05, 0.1) is 5.41 Å². The molecule has 1 saturated carbocycles. The lowest BCUT2D eigenvalue weighted by Crippen LogP contribution is -2.47. The van der Waals surface area contributed by atoms with Crippen LogP contribution < -0.4 is 10.1 Å². The fourth-order valence-electron chi connectivity index (χ4n) is 2.23. The zero-order chi connectivity index (χ0) is 15.5. The molecule has 2 N–H and O–H groups in total. The molecule has 0 unspecified atom stereocenters. The first-order chi connectivity index (χ1) is 9.93. The van der Waals surface area contributed by atoms with Gasteiger partial charge in [0, 0.05) is 12.1 Å². The van der Waals surface area contributed by atoms with E-state index in [2.05, 4.69) is 10.1 Å². The average Bonchev–Trinajstić information content (AvgIpc) is 2.36. The number of carbonyl (C=O) groups is 2. The molecule has 5 nitrogen and oxygen atoms in total. The number of ether oxygens (including phenoxy) is 1. The Morgan fingerprint density at radius 3 is 2.62 bits per heavy atom. The maximum Gasteiger partial charge on any atom is 0.387 e. The van der Waals surface area contributed by atoms with E-state index in [1.165, 1.54) is 24.3 Å². The summed E-state index contributed by atoms with van der Waals surface area (Å²) in [6.45, 7) is -2.94. The van der Waals surface area contributed by atoms with Gasteiger partial charge in [0.15, 0.2) is 0 Å². The molecular formula is C14H15F2NO4. The molecule has 0 bridgehead atoms. The van der Waals surface area contributed by atoms with Gasteiger partial charge in [-0.25, -0.2) is 0 Å². The zero-order valence-corrected chi connectivity index (χ0v) is 11.1. The van der Waals surface area contributed by atoms with E-state index in [4.69, 9.17) is 5.11 Å². The van der Waals surface area contributed by atoms with E-state index < -0.39 is 23.9 Å². The molecule has 7 heteroatoms. The minimum atomic E-state index is -2.96. The summed E-state index contributed by atoms with van der Waals surface area (Å²) >= 11 is 0. The van der Waals surface area contributed by atoms with Crippen LogP contribution in [0, 0.1) is 5.41 Å². The zero-order valence-electron chi connectivity index (χ0n) is 11.1. The fourth-order valence-corrected chi connectivity index (χ4v) is 2.23. The maximum absolute atomic E-state index is 12.1. The molecule has 0 heterocycles. The van der Waals surface area contributed by atoms with Crippen molar-refractivity contribution in [2.24, 2.45) is 5.41 Å². The summed E-state index contributed by atoms with van der Waals surface area (Å²) in [6, 6.07) is 5.37. The Hall–Kier alpha value is -2.18. The van der Waals surface area contributed by atoms with Crippen LogP contribution in [0.3, 0.4) is 0 Å². The van der Waals surface area contributed by atoms with Crippen molar-refractivity contribution in [1.29, 1.82) is 0 Å². The number of hydrogen-bond acceptors (Lipinski definition) is 3. The van der Waals surface area contributed by atoms with Crippen LogP contribution in [0.2, 0.25) is 0 Å². The second kappa shape index (κ2) is 6.07. The Bertz CT molecular complexity index is 544. The van der Waals surface area contributed by atoms with E-state index in [9.17, 15) is 18.4 Å². The third-order valence-electron chi connectivity index (χ3n) is 3.67. The van der Waals surface area contributed by atoms with E-state index in [1.807, 2.05) is 0 Å². The first-order valence-corrected chi connectivity index (χ1v) is 6.49. The molecule has 0 spiro atoms. The number of carbonyl (C=O) groups excluding carboxylic acids is 1. The van der Waals surface area contributed by atoms with Crippen molar-refractivity contribution in [3.05, 3.63) is 29.8 Å². The summed E-state index contributed by atoms with van der Waals surface area (Å²) in [5.41, 5.74) is -0.750. The molecule has 2 rings (SSSR count). The van der Waals surface area contributed by atoms with Crippen molar-refractivity contribution < 1.29 is 28.2 Å². The summed E-state index contributed by atoms with van der Waals surface area (Å²) < 4.78 is 28.4. The van der Waals surface area contributed by atoms with Crippen molar-refractivity contribution >= 4 is 11.9 Å². The standard InChI is InChI=1S/C14H15F2NO4/c15-13(16)21-10-4-1-3-9(7-10)11(18)17-8-14(12(19)20)5-2-6-14/h1,3-4,7,13H,2,5-6,8H2,(H,17,18)(H,19,20). The number of carboxylic acid groups (broad SMARTS) is 1. The monoisotopic (exact) mass is 299 g/mol. The molecule has 21 heavy (non-hydrogen) atoms. The molecule has 1 aromatic carbocycles. The van der Waals surface area contributed by atoms with Crippen LogP contribution in [0.25, 0.3) is 0 Å². The topological polar surface area (TPSA) is 75.6 Å². The number of aliphatic carboxylic acids is 1. The van der Waals surface area contributed by atoms with Gasteiger partial charge in [0.2, 0.25) is 0 Å². The Balaban J connectivity index is 1.98. The highest BCUT2D eigenvalue weighted by atomic mass is 19.3. The largest absolute Gasteiger partial charge is 0.481 e. The number of hydrogen-bond donors (Lipinski definition) is 2. The third-order valence-corrected chi connectivity index (χ3v) is 3.67. The molecule has 1 fully saturated rings. The lowest BCUT2D eigenvalue weighted by atomic mass is 9.69. The van der Waals surface area contributed by atoms with Gasteiger partial charge in [0.1, 0.15) is 5.75 Å². The van der Waals surface area contributed by atoms with Crippen molar-refractivity contribution in [1.82, 2.24) is 5.32 Å². The van der Waals surface area contributed by atoms with Crippen LogP contribution in [0.4, 0.5) is 8.78 Å². The minimum Gasteiger partial charge on any atom is -0.481 e. The average molecular weight is 299 g/mol.